The Balaban J connectivity index is 2.99. The minimum Gasteiger partial charge on any atom is -0.459 e. The molecule has 0 fully saturated rings. The summed E-state index contributed by atoms with van der Waals surface area (Å²) >= 11 is 0. The van der Waals surface area contributed by atoms with Crippen molar-refractivity contribution in [3.8, 4) is 0 Å². The second kappa shape index (κ2) is 6.77. The number of esters is 1. The molecule has 0 aliphatic carbocycles. The van der Waals surface area contributed by atoms with E-state index in [-0.39, 0.29) is 0 Å². The molecule has 22 heavy (non-hydrogen) atoms. The van der Waals surface area contributed by atoms with Gasteiger partial charge >= 0.3 is 5.97 Å². The quantitative estimate of drug-likeness (QED) is 0.476. The molecular weight excluding hydrogens is 294 g/mol. The van der Waals surface area contributed by atoms with Crippen LogP contribution in [-0.4, -0.2) is 23.1 Å². The van der Waals surface area contributed by atoms with Crippen LogP contribution in [0.25, 0.3) is 0 Å². The normalized spacial score (nSPS) is 12.6. The lowest BCUT2D eigenvalue weighted by Gasteiger charge is -2.22. The van der Waals surface area contributed by atoms with E-state index in [2.05, 4.69) is 0 Å². The zero-order valence-corrected chi connectivity index (χ0v) is 12.9. The number of ether oxygens (including phenoxy) is 1. The molecule has 0 heterocycles. The van der Waals surface area contributed by atoms with E-state index in [9.17, 15) is 23.2 Å². The van der Waals surface area contributed by atoms with E-state index in [1.54, 1.807) is 20.8 Å². The Morgan fingerprint density at radius 1 is 1.14 bits per heavy atom. The third-order valence-corrected chi connectivity index (χ3v) is 2.81. The number of Topliss-reactive ketones (excluding diaryl/α,β-unsaturated/α-hetero) is 2. The SMILES string of the molecule is CC(=O)[C@H](CC(=O)c1c(F)cccc1F)C(=O)OC(C)(C)C. The van der Waals surface area contributed by atoms with Crippen LogP contribution in [0.4, 0.5) is 8.78 Å². The summed E-state index contributed by atoms with van der Waals surface area (Å²) in [6.45, 7) is 5.96. The molecular formula is C16H18F2O4. The van der Waals surface area contributed by atoms with Crippen molar-refractivity contribution in [1.82, 2.24) is 0 Å². The molecule has 1 aromatic rings. The van der Waals surface area contributed by atoms with Gasteiger partial charge in [-0.25, -0.2) is 8.78 Å². The lowest BCUT2D eigenvalue weighted by atomic mass is 9.94. The molecule has 4 nitrogen and oxygen atoms in total. The molecule has 0 radical (unpaired) electrons. The zero-order valence-electron chi connectivity index (χ0n) is 12.9. The summed E-state index contributed by atoms with van der Waals surface area (Å²) in [5.41, 5.74) is -1.59. The van der Waals surface area contributed by atoms with Gasteiger partial charge in [-0.2, -0.15) is 0 Å². The van der Waals surface area contributed by atoms with Gasteiger partial charge in [-0.1, -0.05) is 6.07 Å². The summed E-state index contributed by atoms with van der Waals surface area (Å²) < 4.78 is 32.2. The van der Waals surface area contributed by atoms with Gasteiger partial charge in [-0.15, -0.1) is 0 Å². The van der Waals surface area contributed by atoms with Crippen molar-refractivity contribution >= 4 is 17.5 Å². The molecule has 0 saturated carbocycles. The molecule has 1 atom stereocenters. The Kier molecular flexibility index (Phi) is 5.52. The molecule has 0 aromatic heterocycles. The molecule has 0 amide bonds. The highest BCUT2D eigenvalue weighted by Crippen LogP contribution is 2.20. The van der Waals surface area contributed by atoms with E-state index in [1.165, 1.54) is 0 Å². The highest BCUT2D eigenvalue weighted by Gasteiger charge is 2.32. The predicted molar refractivity (Wildman–Crippen MR) is 75.3 cm³/mol. The maximum absolute atomic E-state index is 13.6. The molecule has 0 spiro atoms. The van der Waals surface area contributed by atoms with Crippen molar-refractivity contribution in [2.75, 3.05) is 0 Å². The van der Waals surface area contributed by atoms with Gasteiger partial charge in [0.15, 0.2) is 5.78 Å². The number of rotatable bonds is 5. The highest BCUT2D eigenvalue weighted by molar-refractivity contribution is 6.05. The van der Waals surface area contributed by atoms with E-state index in [1.807, 2.05) is 0 Å². The van der Waals surface area contributed by atoms with Crippen molar-refractivity contribution in [2.45, 2.75) is 39.7 Å². The van der Waals surface area contributed by atoms with Crippen molar-refractivity contribution < 1.29 is 27.9 Å². The Hall–Kier alpha value is -2.11. The maximum Gasteiger partial charge on any atom is 0.317 e. The molecule has 0 unspecified atom stereocenters. The molecule has 0 N–H and O–H groups in total. The molecule has 120 valence electrons. The van der Waals surface area contributed by atoms with Crippen molar-refractivity contribution in [2.24, 2.45) is 5.92 Å². The predicted octanol–water partition coefficient (Wildman–Crippen LogP) is 3.08. The summed E-state index contributed by atoms with van der Waals surface area (Å²) in [4.78, 5) is 35.6. The van der Waals surface area contributed by atoms with Crippen LogP contribution in [0, 0.1) is 17.6 Å². The first-order valence-corrected chi connectivity index (χ1v) is 6.73. The maximum atomic E-state index is 13.6. The Bertz CT molecular complexity index is 582. The van der Waals surface area contributed by atoms with Crippen LogP contribution in [-0.2, 0) is 14.3 Å². The smallest absolute Gasteiger partial charge is 0.317 e. The van der Waals surface area contributed by atoms with Crippen LogP contribution in [0.3, 0.4) is 0 Å². The van der Waals surface area contributed by atoms with Crippen molar-refractivity contribution in [3.63, 3.8) is 0 Å². The van der Waals surface area contributed by atoms with E-state index < -0.39 is 52.7 Å². The standard InChI is InChI=1S/C16H18F2O4/c1-9(19)10(15(21)22-16(2,3)4)8-13(20)14-11(17)6-5-7-12(14)18/h5-7,10H,8H2,1-4H3/t10-/m0/s1. The number of benzene rings is 1. The summed E-state index contributed by atoms with van der Waals surface area (Å²) in [7, 11) is 0. The van der Waals surface area contributed by atoms with Gasteiger partial charge in [0, 0.05) is 6.42 Å². The van der Waals surface area contributed by atoms with Crippen LogP contribution in [0.1, 0.15) is 44.5 Å². The molecule has 0 bridgehead atoms. The number of hydrogen-bond acceptors (Lipinski definition) is 4. The topological polar surface area (TPSA) is 60.4 Å². The number of carbonyl (C=O) groups is 3. The van der Waals surface area contributed by atoms with E-state index in [0.29, 0.717) is 0 Å². The first-order chi connectivity index (χ1) is 10.0. The average molecular weight is 312 g/mol. The van der Waals surface area contributed by atoms with Gasteiger partial charge in [-0.3, -0.25) is 14.4 Å². The largest absolute Gasteiger partial charge is 0.459 e. The van der Waals surface area contributed by atoms with Crippen LogP contribution < -0.4 is 0 Å². The third kappa shape index (κ3) is 4.72. The van der Waals surface area contributed by atoms with Gasteiger partial charge < -0.3 is 4.74 Å². The summed E-state index contributed by atoms with van der Waals surface area (Å²) in [5, 5.41) is 0. The summed E-state index contributed by atoms with van der Waals surface area (Å²) in [6.07, 6.45) is -0.637. The monoisotopic (exact) mass is 312 g/mol. The summed E-state index contributed by atoms with van der Waals surface area (Å²) in [5.74, 6) is -5.88. The fourth-order valence-electron chi connectivity index (χ4n) is 1.82. The first kappa shape index (κ1) is 17.9. The van der Waals surface area contributed by atoms with E-state index in [4.69, 9.17) is 4.74 Å². The number of ketones is 2. The highest BCUT2D eigenvalue weighted by atomic mass is 19.1. The van der Waals surface area contributed by atoms with Crippen LogP contribution in [0.15, 0.2) is 18.2 Å². The molecule has 0 aliphatic rings. The fourth-order valence-corrected chi connectivity index (χ4v) is 1.82. The minimum atomic E-state index is -1.38. The molecule has 1 rings (SSSR count). The molecule has 0 aliphatic heterocycles. The molecule has 0 saturated heterocycles. The molecule has 6 heteroatoms. The van der Waals surface area contributed by atoms with Gasteiger partial charge in [0.05, 0.1) is 5.56 Å². The van der Waals surface area contributed by atoms with Crippen molar-refractivity contribution in [3.05, 3.63) is 35.4 Å². The van der Waals surface area contributed by atoms with Crippen molar-refractivity contribution in [1.29, 1.82) is 0 Å². The zero-order chi connectivity index (χ0) is 17.1. The van der Waals surface area contributed by atoms with Gasteiger partial charge in [0.2, 0.25) is 0 Å². The van der Waals surface area contributed by atoms with Gasteiger partial charge in [-0.05, 0) is 39.8 Å². The Morgan fingerprint density at radius 2 is 1.64 bits per heavy atom. The summed E-state index contributed by atoms with van der Waals surface area (Å²) in [6, 6.07) is 3.00. The van der Waals surface area contributed by atoms with Crippen LogP contribution >= 0.6 is 0 Å². The van der Waals surface area contributed by atoms with E-state index >= 15 is 0 Å². The minimum absolute atomic E-state index is 0.598. The lowest BCUT2D eigenvalue weighted by molar-refractivity contribution is -0.161. The second-order valence-electron chi connectivity index (χ2n) is 5.92. The van der Waals surface area contributed by atoms with Crippen LogP contribution in [0.5, 0.6) is 0 Å². The number of carbonyl (C=O) groups excluding carboxylic acids is 3. The Morgan fingerprint density at radius 3 is 2.05 bits per heavy atom. The third-order valence-electron chi connectivity index (χ3n) is 2.81. The fraction of sp³-hybridized carbons (Fsp3) is 0.438. The number of hydrogen-bond donors (Lipinski definition) is 0. The van der Waals surface area contributed by atoms with E-state index in [0.717, 1.165) is 25.1 Å². The lowest BCUT2D eigenvalue weighted by Crippen LogP contribution is -2.33. The van der Waals surface area contributed by atoms with Gasteiger partial charge in [0.1, 0.15) is 28.9 Å². The van der Waals surface area contributed by atoms with Gasteiger partial charge in [0.25, 0.3) is 0 Å². The van der Waals surface area contributed by atoms with Crippen LogP contribution in [0.2, 0.25) is 0 Å². The first-order valence-electron chi connectivity index (χ1n) is 6.73. The molecule has 1 aromatic carbocycles. The Labute approximate surface area is 127 Å². The second-order valence-corrected chi connectivity index (χ2v) is 5.92. The average Bonchev–Trinajstić information content (AvgIpc) is 2.33. The number of halogens is 2.